The normalized spacial score (nSPS) is 11.3. The number of fused-ring (bicyclic) bond motifs is 3. The van der Waals surface area contributed by atoms with Gasteiger partial charge in [-0.25, -0.2) is 9.13 Å². The van der Waals surface area contributed by atoms with Crippen LogP contribution in [0.3, 0.4) is 0 Å². The molecule has 148 valence electrons. The molecule has 0 aliphatic heterocycles. The average molecular weight is 394 g/mol. The van der Waals surface area contributed by atoms with Crippen LogP contribution in [0.5, 0.6) is 0 Å². The van der Waals surface area contributed by atoms with E-state index in [0.717, 1.165) is 25.1 Å². The third-order valence-corrected chi connectivity index (χ3v) is 5.65. The van der Waals surface area contributed by atoms with E-state index in [1.54, 1.807) is 0 Å². The number of Topliss-reactive ketones (excluding diaryl/α,β-unsaturated/α-hetero) is 1. The topological polar surface area (TPSA) is 30.8 Å². The Labute approximate surface area is 175 Å². The molecule has 0 bridgehead atoms. The lowest BCUT2D eigenvalue weighted by Gasteiger charge is -2.06. The van der Waals surface area contributed by atoms with Gasteiger partial charge in [-0.3, -0.25) is 4.79 Å². The van der Waals surface area contributed by atoms with Crippen molar-refractivity contribution in [1.29, 1.82) is 0 Å². The maximum absolute atomic E-state index is 12.4. The fraction of sp³-hybridized carbons (Fsp3) is 0.154. The summed E-state index contributed by atoms with van der Waals surface area (Å²) in [4.78, 5) is 12.4. The third kappa shape index (κ3) is 3.52. The Bertz CT molecular complexity index is 1260. The maximum atomic E-state index is 12.4. The molecule has 0 aliphatic carbocycles. The van der Waals surface area contributed by atoms with Crippen molar-refractivity contribution in [1.82, 2.24) is 9.13 Å². The number of rotatable bonds is 7. The molecule has 0 spiro atoms. The van der Waals surface area contributed by atoms with Crippen molar-refractivity contribution in [2.45, 2.75) is 26.1 Å². The van der Waals surface area contributed by atoms with Gasteiger partial charge >= 0.3 is 0 Å². The second-order valence-electron chi connectivity index (χ2n) is 7.65. The summed E-state index contributed by atoms with van der Waals surface area (Å²) in [5.41, 5.74) is 3.33. The van der Waals surface area contributed by atoms with Gasteiger partial charge in [0, 0.05) is 40.3 Å². The quantitative estimate of drug-likeness (QED) is 0.287. The van der Waals surface area contributed by atoms with Crippen LogP contribution in [-0.4, -0.2) is 14.9 Å². The Balaban J connectivity index is 1.27. The highest BCUT2D eigenvalue weighted by Gasteiger charge is 2.12. The minimum absolute atomic E-state index is 0.128. The predicted molar refractivity (Wildman–Crippen MR) is 119 cm³/mol. The van der Waals surface area contributed by atoms with E-state index in [0.29, 0.717) is 6.54 Å². The lowest BCUT2D eigenvalue weighted by Crippen LogP contribution is -2.35. The lowest BCUT2D eigenvalue weighted by molar-refractivity contribution is -0.682. The second kappa shape index (κ2) is 7.99. The van der Waals surface area contributed by atoms with Gasteiger partial charge in [0.15, 0.2) is 6.54 Å². The monoisotopic (exact) mass is 394 g/mol. The van der Waals surface area contributed by atoms with Crippen molar-refractivity contribution in [3.8, 4) is 0 Å². The molecule has 5 aromatic rings. The molecule has 0 aliphatic rings. The smallest absolute Gasteiger partial charge is 0.244 e. The second-order valence-corrected chi connectivity index (χ2v) is 7.65. The molecule has 0 saturated carbocycles. The molecule has 0 radical (unpaired) electrons. The molecular weight excluding hydrogens is 370 g/mol. The molecule has 3 aromatic carbocycles. The Morgan fingerprint density at radius 2 is 1.40 bits per heavy atom. The third-order valence-electron chi connectivity index (χ3n) is 5.65. The van der Waals surface area contributed by atoms with Gasteiger partial charge in [-0.15, -0.1) is 0 Å². The molecule has 0 N–H and O–H groups in total. The van der Waals surface area contributed by atoms with E-state index >= 15 is 0 Å². The van der Waals surface area contributed by atoms with Gasteiger partial charge in [-0.1, -0.05) is 66.7 Å². The number of imidazole rings is 1. The van der Waals surface area contributed by atoms with E-state index in [1.165, 1.54) is 21.8 Å². The summed E-state index contributed by atoms with van der Waals surface area (Å²) in [7, 11) is 0. The van der Waals surface area contributed by atoms with Crippen molar-refractivity contribution >= 4 is 27.6 Å². The summed E-state index contributed by atoms with van der Waals surface area (Å²) in [6.07, 6.45) is 7.06. The van der Waals surface area contributed by atoms with E-state index in [4.69, 9.17) is 0 Å². The van der Waals surface area contributed by atoms with Crippen LogP contribution in [0.25, 0.3) is 21.8 Å². The highest BCUT2D eigenvalue weighted by molar-refractivity contribution is 6.07. The average Bonchev–Trinajstić information content (AvgIpc) is 3.37. The first-order valence-electron chi connectivity index (χ1n) is 10.4. The minimum Gasteiger partial charge on any atom is -0.340 e. The molecular formula is C26H24N3O+. The largest absolute Gasteiger partial charge is 0.340 e. The molecule has 4 heteroatoms. The Kier molecular flexibility index (Phi) is 4.89. The first-order chi connectivity index (χ1) is 14.8. The van der Waals surface area contributed by atoms with Crippen LogP contribution in [-0.2, 0) is 19.6 Å². The first-order valence-corrected chi connectivity index (χ1v) is 10.4. The van der Waals surface area contributed by atoms with Gasteiger partial charge in [0.2, 0.25) is 12.1 Å². The van der Waals surface area contributed by atoms with Crippen LogP contribution in [0.2, 0.25) is 0 Å². The predicted octanol–water partition coefficient (Wildman–Crippen LogP) is 4.86. The molecule has 0 amide bonds. The number of para-hydroxylation sites is 2. The van der Waals surface area contributed by atoms with E-state index in [1.807, 2.05) is 53.6 Å². The van der Waals surface area contributed by atoms with Crippen molar-refractivity contribution < 1.29 is 9.36 Å². The van der Waals surface area contributed by atoms with Crippen LogP contribution >= 0.6 is 0 Å². The van der Waals surface area contributed by atoms with E-state index in [-0.39, 0.29) is 5.78 Å². The zero-order valence-electron chi connectivity index (χ0n) is 16.8. The molecule has 2 heterocycles. The molecule has 4 nitrogen and oxygen atoms in total. The zero-order valence-corrected chi connectivity index (χ0v) is 16.8. The maximum Gasteiger partial charge on any atom is 0.244 e. The van der Waals surface area contributed by atoms with Gasteiger partial charge in [0.25, 0.3) is 0 Å². The standard InChI is InChI=1S/C26H24N3O/c30-26(21-9-2-1-3-10-21)19-28-18-17-27(20-28)15-8-16-29-24-13-6-4-11-22(24)23-12-5-7-14-25(23)29/h1-7,9-14,17-18,20H,8,15-16,19H2/q+1. The number of aromatic nitrogens is 3. The van der Waals surface area contributed by atoms with Crippen LogP contribution in [0, 0.1) is 0 Å². The van der Waals surface area contributed by atoms with E-state index in [9.17, 15) is 4.79 Å². The summed E-state index contributed by atoms with van der Waals surface area (Å²) >= 11 is 0. The van der Waals surface area contributed by atoms with E-state index in [2.05, 4.69) is 57.7 Å². The lowest BCUT2D eigenvalue weighted by atomic mass is 10.1. The van der Waals surface area contributed by atoms with E-state index < -0.39 is 0 Å². The number of ketones is 1. The van der Waals surface area contributed by atoms with Crippen molar-refractivity contribution in [2.24, 2.45) is 0 Å². The van der Waals surface area contributed by atoms with Crippen molar-refractivity contribution in [3.63, 3.8) is 0 Å². The molecule has 0 unspecified atom stereocenters. The van der Waals surface area contributed by atoms with Crippen molar-refractivity contribution in [3.05, 3.63) is 103 Å². The molecule has 0 atom stereocenters. The Hall–Kier alpha value is -3.66. The highest BCUT2D eigenvalue weighted by atomic mass is 16.1. The number of benzene rings is 3. The number of carbonyl (C=O) groups is 1. The number of hydrogen-bond donors (Lipinski definition) is 0. The van der Waals surface area contributed by atoms with Gasteiger partial charge in [-0.2, -0.15) is 0 Å². The number of hydrogen-bond acceptors (Lipinski definition) is 1. The van der Waals surface area contributed by atoms with Gasteiger partial charge < -0.3 is 4.57 Å². The van der Waals surface area contributed by atoms with Crippen LogP contribution in [0.4, 0.5) is 0 Å². The van der Waals surface area contributed by atoms with Crippen LogP contribution in [0.1, 0.15) is 16.8 Å². The van der Waals surface area contributed by atoms with Gasteiger partial charge in [0.05, 0.1) is 6.54 Å². The fourth-order valence-electron chi connectivity index (χ4n) is 4.20. The summed E-state index contributed by atoms with van der Waals surface area (Å²) < 4.78 is 6.53. The van der Waals surface area contributed by atoms with Gasteiger partial charge in [0.1, 0.15) is 12.4 Å². The molecule has 0 fully saturated rings. The van der Waals surface area contributed by atoms with Crippen LogP contribution < -0.4 is 4.57 Å². The minimum atomic E-state index is 0.128. The molecule has 0 saturated heterocycles. The Morgan fingerprint density at radius 1 is 0.767 bits per heavy atom. The van der Waals surface area contributed by atoms with Crippen molar-refractivity contribution in [2.75, 3.05) is 0 Å². The zero-order chi connectivity index (χ0) is 20.3. The SMILES string of the molecule is O=C(C[n+]1ccn(CCCn2c3ccccc3c3ccccc32)c1)c1ccccc1. The summed E-state index contributed by atoms with van der Waals surface area (Å²) in [6.45, 7) is 2.23. The molecule has 2 aromatic heterocycles. The number of aryl methyl sites for hydroxylation is 2. The number of nitrogens with zero attached hydrogens (tertiary/aromatic N) is 3. The van der Waals surface area contributed by atoms with Crippen LogP contribution in [0.15, 0.2) is 97.6 Å². The highest BCUT2D eigenvalue weighted by Crippen LogP contribution is 2.28. The number of carbonyl (C=O) groups excluding carboxylic acids is 1. The Morgan fingerprint density at radius 3 is 2.10 bits per heavy atom. The summed E-state index contributed by atoms with van der Waals surface area (Å²) in [6, 6.07) is 26.7. The molecule has 5 rings (SSSR count). The summed E-state index contributed by atoms with van der Waals surface area (Å²) in [5.74, 6) is 0.128. The van der Waals surface area contributed by atoms with Gasteiger partial charge in [-0.05, 0) is 12.1 Å². The fourth-order valence-corrected chi connectivity index (χ4v) is 4.20. The first kappa shape index (κ1) is 18.4. The summed E-state index contributed by atoms with van der Waals surface area (Å²) in [5, 5.41) is 2.62. The molecule has 30 heavy (non-hydrogen) atoms.